The molecule has 2 aliphatic rings. The van der Waals surface area contributed by atoms with Crippen molar-refractivity contribution in [2.45, 2.75) is 26.3 Å². The molecule has 0 spiro atoms. The highest BCUT2D eigenvalue weighted by Gasteiger charge is 2.32. The average molecular weight is 363 g/mol. The van der Waals surface area contributed by atoms with E-state index in [0.717, 1.165) is 44.2 Å². The van der Waals surface area contributed by atoms with Gasteiger partial charge in [0, 0.05) is 51.9 Å². The van der Waals surface area contributed by atoms with Crippen LogP contribution in [-0.4, -0.2) is 89.7 Å². The lowest BCUT2D eigenvalue weighted by Crippen LogP contribution is -2.49. The summed E-state index contributed by atoms with van der Waals surface area (Å²) >= 11 is 0. The van der Waals surface area contributed by atoms with E-state index in [0.29, 0.717) is 32.5 Å². The molecule has 0 saturated carbocycles. The molecule has 0 aromatic carbocycles. The van der Waals surface area contributed by atoms with Crippen LogP contribution in [0, 0.1) is 12.8 Å². The first-order valence-corrected chi connectivity index (χ1v) is 9.36. The Kier molecular flexibility index (Phi) is 6.26. The molecule has 1 atom stereocenters. The van der Waals surface area contributed by atoms with Gasteiger partial charge >= 0.3 is 0 Å². The van der Waals surface area contributed by atoms with Crippen LogP contribution in [0.15, 0.2) is 6.07 Å². The van der Waals surface area contributed by atoms with E-state index >= 15 is 0 Å². The number of morpholine rings is 1. The first kappa shape index (κ1) is 18.8. The van der Waals surface area contributed by atoms with E-state index in [1.165, 1.54) is 0 Å². The van der Waals surface area contributed by atoms with Gasteiger partial charge in [0.1, 0.15) is 0 Å². The number of rotatable bonds is 6. The minimum absolute atomic E-state index is 0.0922. The minimum atomic E-state index is -0.123. The molecule has 3 heterocycles. The highest BCUT2D eigenvalue weighted by atomic mass is 16.5. The number of carbonyl (C=O) groups is 2. The van der Waals surface area contributed by atoms with Crippen molar-refractivity contribution < 1.29 is 14.3 Å². The van der Waals surface area contributed by atoms with Gasteiger partial charge in [-0.2, -0.15) is 5.10 Å². The van der Waals surface area contributed by atoms with Gasteiger partial charge in [-0.05, 0) is 19.4 Å². The summed E-state index contributed by atoms with van der Waals surface area (Å²) in [5.41, 5.74) is 1.84. The van der Waals surface area contributed by atoms with Crippen molar-refractivity contribution in [3.63, 3.8) is 0 Å². The quantitative estimate of drug-likeness (QED) is 0.783. The molecule has 8 nitrogen and oxygen atoms in total. The molecule has 0 bridgehead atoms. The Bertz CT molecular complexity index is 626. The van der Waals surface area contributed by atoms with Crippen molar-refractivity contribution in [1.82, 2.24) is 24.9 Å². The summed E-state index contributed by atoms with van der Waals surface area (Å²) in [5.74, 6) is 0.129. The monoisotopic (exact) mass is 363 g/mol. The van der Waals surface area contributed by atoms with Gasteiger partial charge in [-0.1, -0.05) is 0 Å². The number of aryl methyl sites for hydroxylation is 1. The number of aromatic amines is 1. The molecule has 0 unspecified atom stereocenters. The van der Waals surface area contributed by atoms with Crippen molar-refractivity contribution in [2.75, 3.05) is 53.0 Å². The van der Waals surface area contributed by atoms with Gasteiger partial charge in [-0.25, -0.2) is 0 Å². The summed E-state index contributed by atoms with van der Waals surface area (Å²) in [6, 6.07) is 1.95. The number of H-pyrrole nitrogens is 1. The third kappa shape index (κ3) is 4.82. The molecule has 144 valence electrons. The summed E-state index contributed by atoms with van der Waals surface area (Å²) in [4.78, 5) is 30.9. The van der Waals surface area contributed by atoms with E-state index in [2.05, 4.69) is 15.1 Å². The van der Waals surface area contributed by atoms with Gasteiger partial charge < -0.3 is 14.5 Å². The Morgan fingerprint density at radius 1 is 1.38 bits per heavy atom. The second kappa shape index (κ2) is 8.64. The molecule has 2 amide bonds. The van der Waals surface area contributed by atoms with Gasteiger partial charge in [-0.3, -0.25) is 19.6 Å². The number of likely N-dealkylation sites (tertiary alicyclic amines) is 1. The molecule has 0 aliphatic carbocycles. The Morgan fingerprint density at radius 3 is 2.85 bits per heavy atom. The van der Waals surface area contributed by atoms with Crippen molar-refractivity contribution in [1.29, 1.82) is 0 Å². The molecule has 1 aromatic heterocycles. The molecule has 1 aromatic rings. The highest BCUT2D eigenvalue weighted by Crippen LogP contribution is 2.20. The van der Waals surface area contributed by atoms with Crippen molar-refractivity contribution >= 4 is 11.8 Å². The van der Waals surface area contributed by atoms with Crippen LogP contribution in [0.25, 0.3) is 0 Å². The van der Waals surface area contributed by atoms with E-state index in [1.54, 1.807) is 11.9 Å². The molecular weight excluding hydrogens is 334 g/mol. The number of piperidine rings is 1. The Hall–Kier alpha value is -1.93. The second-order valence-electron chi connectivity index (χ2n) is 7.27. The highest BCUT2D eigenvalue weighted by molar-refractivity contribution is 5.83. The maximum atomic E-state index is 12.8. The summed E-state index contributed by atoms with van der Waals surface area (Å²) in [5, 5.41) is 7.09. The van der Waals surface area contributed by atoms with Crippen LogP contribution in [0.4, 0.5) is 0 Å². The molecule has 1 N–H and O–H groups in total. The minimum Gasteiger partial charge on any atom is -0.379 e. The second-order valence-corrected chi connectivity index (χ2v) is 7.27. The molecular formula is C18H29N5O3. The third-order valence-corrected chi connectivity index (χ3v) is 5.17. The molecule has 0 radical (unpaired) electrons. The van der Waals surface area contributed by atoms with Crippen LogP contribution in [0.2, 0.25) is 0 Å². The van der Waals surface area contributed by atoms with Crippen LogP contribution >= 0.6 is 0 Å². The van der Waals surface area contributed by atoms with Crippen LogP contribution in [0.5, 0.6) is 0 Å². The van der Waals surface area contributed by atoms with Gasteiger partial charge in [0.2, 0.25) is 11.8 Å². The molecule has 8 heteroatoms. The Balaban J connectivity index is 1.50. The fourth-order valence-corrected chi connectivity index (χ4v) is 3.61. The zero-order valence-electron chi connectivity index (χ0n) is 15.7. The first-order valence-electron chi connectivity index (χ1n) is 9.36. The number of ether oxygens (including phenoxy) is 1. The van der Waals surface area contributed by atoms with Gasteiger partial charge in [-0.15, -0.1) is 0 Å². The number of carbonyl (C=O) groups excluding carboxylic acids is 2. The van der Waals surface area contributed by atoms with Crippen LogP contribution in [-0.2, 0) is 20.9 Å². The standard InChI is InChI=1S/C18H29N5O3/c1-14-11-16(20-19-14)13-21(2)18(25)15-3-4-17(24)23(12-15)6-5-22-7-9-26-10-8-22/h11,15H,3-10,12-13H2,1-2H3,(H,19,20)/t15-/m0/s1. The summed E-state index contributed by atoms with van der Waals surface area (Å²) in [6.07, 6.45) is 1.09. The maximum absolute atomic E-state index is 12.8. The van der Waals surface area contributed by atoms with Crippen molar-refractivity contribution in [3.8, 4) is 0 Å². The zero-order valence-corrected chi connectivity index (χ0v) is 15.7. The molecule has 26 heavy (non-hydrogen) atoms. The van der Waals surface area contributed by atoms with Gasteiger partial charge in [0.15, 0.2) is 0 Å². The maximum Gasteiger partial charge on any atom is 0.227 e. The largest absolute Gasteiger partial charge is 0.379 e. The Labute approximate surface area is 154 Å². The van der Waals surface area contributed by atoms with E-state index in [-0.39, 0.29) is 17.7 Å². The van der Waals surface area contributed by atoms with Crippen LogP contribution in [0.1, 0.15) is 24.2 Å². The fourth-order valence-electron chi connectivity index (χ4n) is 3.61. The number of hydrogen-bond donors (Lipinski definition) is 1. The lowest BCUT2D eigenvalue weighted by Gasteiger charge is -2.35. The number of nitrogens with zero attached hydrogens (tertiary/aromatic N) is 4. The normalized spacial score (nSPS) is 21.8. The molecule has 2 saturated heterocycles. The number of aromatic nitrogens is 2. The van der Waals surface area contributed by atoms with Gasteiger partial charge in [0.05, 0.1) is 31.4 Å². The van der Waals surface area contributed by atoms with E-state index in [9.17, 15) is 9.59 Å². The van der Waals surface area contributed by atoms with Crippen molar-refractivity contribution in [2.24, 2.45) is 5.92 Å². The molecule has 2 aliphatic heterocycles. The van der Waals surface area contributed by atoms with Gasteiger partial charge in [0.25, 0.3) is 0 Å². The summed E-state index contributed by atoms with van der Waals surface area (Å²) < 4.78 is 5.36. The fraction of sp³-hybridized carbons (Fsp3) is 0.722. The predicted molar refractivity (Wildman–Crippen MR) is 96.4 cm³/mol. The lowest BCUT2D eigenvalue weighted by molar-refractivity contribution is -0.142. The Morgan fingerprint density at radius 2 is 2.15 bits per heavy atom. The zero-order chi connectivity index (χ0) is 18.5. The lowest BCUT2D eigenvalue weighted by atomic mass is 9.96. The van der Waals surface area contributed by atoms with E-state index in [4.69, 9.17) is 4.74 Å². The van der Waals surface area contributed by atoms with Crippen molar-refractivity contribution in [3.05, 3.63) is 17.5 Å². The predicted octanol–water partition coefficient (Wildman–Crippen LogP) is 0.247. The van der Waals surface area contributed by atoms with Crippen LogP contribution in [0.3, 0.4) is 0 Å². The summed E-state index contributed by atoms with van der Waals surface area (Å²) in [7, 11) is 1.81. The first-order chi connectivity index (χ1) is 12.5. The number of nitrogens with one attached hydrogen (secondary N) is 1. The molecule has 2 fully saturated rings. The average Bonchev–Trinajstić information content (AvgIpc) is 3.06. The van der Waals surface area contributed by atoms with E-state index < -0.39 is 0 Å². The number of hydrogen-bond acceptors (Lipinski definition) is 5. The van der Waals surface area contributed by atoms with E-state index in [1.807, 2.05) is 17.9 Å². The topological polar surface area (TPSA) is 81.8 Å². The smallest absolute Gasteiger partial charge is 0.227 e. The summed E-state index contributed by atoms with van der Waals surface area (Å²) in [6.45, 7) is 7.82. The third-order valence-electron chi connectivity index (χ3n) is 5.17. The van der Waals surface area contributed by atoms with Crippen LogP contribution < -0.4 is 0 Å². The number of amides is 2. The SMILES string of the molecule is Cc1cc(CN(C)C(=O)[C@H]2CCC(=O)N(CCN3CCOCC3)C2)n[nH]1. The molecule has 3 rings (SSSR count).